The second kappa shape index (κ2) is 5.36. The van der Waals surface area contributed by atoms with E-state index in [0.717, 1.165) is 11.1 Å². The van der Waals surface area contributed by atoms with E-state index in [9.17, 15) is 4.79 Å². The molecule has 0 unspecified atom stereocenters. The maximum Gasteiger partial charge on any atom is 0.338 e. The van der Waals surface area contributed by atoms with E-state index in [0.29, 0.717) is 11.3 Å². The minimum Gasteiger partial charge on any atom is -0.457 e. The van der Waals surface area contributed by atoms with Crippen molar-refractivity contribution in [1.29, 1.82) is 0 Å². The monoisotopic (exact) mass is 241 g/mol. The molecule has 0 heterocycles. The number of hydrogen-bond acceptors (Lipinski definition) is 3. The van der Waals surface area contributed by atoms with Gasteiger partial charge >= 0.3 is 5.97 Å². The maximum absolute atomic E-state index is 11.9. The van der Waals surface area contributed by atoms with Crippen molar-refractivity contribution in [3.8, 4) is 0 Å². The fourth-order valence-corrected chi connectivity index (χ4v) is 1.72. The second-order valence-corrected chi connectivity index (χ2v) is 4.14. The average molecular weight is 241 g/mol. The first-order valence-electron chi connectivity index (χ1n) is 5.74. The lowest BCUT2D eigenvalue weighted by atomic mass is 10.1. The highest BCUT2D eigenvalue weighted by atomic mass is 16.5. The van der Waals surface area contributed by atoms with Crippen LogP contribution in [0.3, 0.4) is 0 Å². The molecule has 0 fully saturated rings. The fraction of sp³-hybridized carbons (Fsp3) is 0.133. The summed E-state index contributed by atoms with van der Waals surface area (Å²) in [6.07, 6.45) is 0. The van der Waals surface area contributed by atoms with Crippen molar-refractivity contribution in [2.45, 2.75) is 13.5 Å². The van der Waals surface area contributed by atoms with Crippen LogP contribution in [-0.4, -0.2) is 5.97 Å². The van der Waals surface area contributed by atoms with E-state index in [1.54, 1.807) is 18.2 Å². The normalized spacial score (nSPS) is 10.1. The van der Waals surface area contributed by atoms with Crippen LogP contribution in [0.15, 0.2) is 48.5 Å². The summed E-state index contributed by atoms with van der Waals surface area (Å²) in [6, 6.07) is 14.8. The molecule has 92 valence electrons. The van der Waals surface area contributed by atoms with Crippen molar-refractivity contribution in [3.05, 3.63) is 65.2 Å². The summed E-state index contributed by atoms with van der Waals surface area (Å²) in [4.78, 5) is 11.9. The zero-order chi connectivity index (χ0) is 13.0. The summed E-state index contributed by atoms with van der Waals surface area (Å²) >= 11 is 0. The molecule has 3 heteroatoms. The molecule has 0 saturated heterocycles. The summed E-state index contributed by atoms with van der Waals surface area (Å²) < 4.78 is 5.26. The zero-order valence-electron chi connectivity index (χ0n) is 10.2. The van der Waals surface area contributed by atoms with Gasteiger partial charge in [0.1, 0.15) is 6.61 Å². The lowest BCUT2D eigenvalue weighted by Gasteiger charge is -2.07. The highest BCUT2D eigenvalue weighted by molar-refractivity contribution is 5.91. The van der Waals surface area contributed by atoms with Crippen molar-refractivity contribution >= 4 is 11.7 Å². The molecule has 0 spiro atoms. The molecule has 0 aliphatic carbocycles. The molecule has 0 saturated carbocycles. The van der Waals surface area contributed by atoms with Gasteiger partial charge < -0.3 is 10.5 Å². The number of carbonyl (C=O) groups excluding carboxylic acids is 1. The van der Waals surface area contributed by atoms with Crippen LogP contribution in [0.25, 0.3) is 0 Å². The van der Waals surface area contributed by atoms with Crippen LogP contribution in [0.1, 0.15) is 21.5 Å². The van der Waals surface area contributed by atoms with Crippen LogP contribution in [0.4, 0.5) is 5.69 Å². The summed E-state index contributed by atoms with van der Waals surface area (Å²) in [5.41, 5.74) is 8.64. The van der Waals surface area contributed by atoms with Gasteiger partial charge in [-0.1, -0.05) is 30.3 Å². The topological polar surface area (TPSA) is 52.3 Å². The molecule has 3 nitrogen and oxygen atoms in total. The Morgan fingerprint density at radius 2 is 1.89 bits per heavy atom. The van der Waals surface area contributed by atoms with Crippen molar-refractivity contribution in [2.24, 2.45) is 0 Å². The van der Waals surface area contributed by atoms with E-state index in [2.05, 4.69) is 0 Å². The highest BCUT2D eigenvalue weighted by Crippen LogP contribution is 2.14. The summed E-state index contributed by atoms with van der Waals surface area (Å²) in [5, 5.41) is 0. The molecular weight excluding hydrogens is 226 g/mol. The van der Waals surface area contributed by atoms with Gasteiger partial charge in [-0.05, 0) is 36.2 Å². The third kappa shape index (κ3) is 2.88. The smallest absolute Gasteiger partial charge is 0.338 e. The van der Waals surface area contributed by atoms with Crippen LogP contribution in [0, 0.1) is 6.92 Å². The largest absolute Gasteiger partial charge is 0.457 e. The summed E-state index contributed by atoms with van der Waals surface area (Å²) in [6.45, 7) is 2.12. The van der Waals surface area contributed by atoms with E-state index in [-0.39, 0.29) is 12.6 Å². The van der Waals surface area contributed by atoms with Crippen molar-refractivity contribution in [2.75, 3.05) is 5.73 Å². The zero-order valence-corrected chi connectivity index (χ0v) is 10.2. The number of aryl methyl sites for hydroxylation is 1. The molecular formula is C15H15NO2. The molecule has 0 atom stereocenters. The number of benzene rings is 2. The minimum atomic E-state index is -0.323. The number of ether oxygens (including phenoxy) is 1. The molecule has 0 aromatic heterocycles. The van der Waals surface area contributed by atoms with Crippen molar-refractivity contribution in [1.82, 2.24) is 0 Å². The summed E-state index contributed by atoms with van der Waals surface area (Å²) in [5.74, 6) is -0.323. The van der Waals surface area contributed by atoms with Crippen LogP contribution >= 0.6 is 0 Å². The molecule has 2 aromatic rings. The molecule has 18 heavy (non-hydrogen) atoms. The molecule has 0 radical (unpaired) electrons. The number of nitrogens with two attached hydrogens (primary N) is 1. The second-order valence-electron chi connectivity index (χ2n) is 4.14. The van der Waals surface area contributed by atoms with Gasteiger partial charge in [0.2, 0.25) is 0 Å². The van der Waals surface area contributed by atoms with Gasteiger partial charge in [-0.25, -0.2) is 4.79 Å². The Labute approximate surface area is 106 Å². The molecule has 2 N–H and O–H groups in total. The minimum absolute atomic E-state index is 0.281. The first kappa shape index (κ1) is 12.2. The fourth-order valence-electron chi connectivity index (χ4n) is 1.72. The SMILES string of the molecule is Cc1cc(N)ccc1C(=O)OCc1ccccc1. The first-order valence-corrected chi connectivity index (χ1v) is 5.74. The van der Waals surface area contributed by atoms with Gasteiger partial charge in [0.05, 0.1) is 5.56 Å². The molecule has 2 rings (SSSR count). The number of hydrogen-bond donors (Lipinski definition) is 1. The van der Waals surface area contributed by atoms with E-state index in [1.165, 1.54) is 0 Å². The van der Waals surface area contributed by atoms with Gasteiger partial charge in [0, 0.05) is 5.69 Å². The van der Waals surface area contributed by atoms with E-state index < -0.39 is 0 Å². The lowest BCUT2D eigenvalue weighted by Crippen LogP contribution is -2.07. The standard InChI is InChI=1S/C15H15NO2/c1-11-9-13(16)7-8-14(11)15(17)18-10-12-5-3-2-4-6-12/h2-9H,10,16H2,1H3. The third-order valence-electron chi connectivity index (χ3n) is 2.68. The number of anilines is 1. The Kier molecular flexibility index (Phi) is 3.63. The predicted molar refractivity (Wildman–Crippen MR) is 71.2 cm³/mol. The van der Waals surface area contributed by atoms with E-state index in [4.69, 9.17) is 10.5 Å². The molecule has 2 aromatic carbocycles. The quantitative estimate of drug-likeness (QED) is 0.664. The molecule has 0 aliphatic heterocycles. The Morgan fingerprint density at radius 1 is 1.17 bits per heavy atom. The predicted octanol–water partition coefficient (Wildman–Crippen LogP) is 2.93. The maximum atomic E-state index is 11.9. The Bertz CT molecular complexity index is 550. The number of carbonyl (C=O) groups is 1. The molecule has 0 aliphatic rings. The lowest BCUT2D eigenvalue weighted by molar-refractivity contribution is 0.0472. The van der Waals surface area contributed by atoms with Crippen LogP contribution in [-0.2, 0) is 11.3 Å². The van der Waals surface area contributed by atoms with Gasteiger partial charge in [0.25, 0.3) is 0 Å². The Morgan fingerprint density at radius 3 is 2.56 bits per heavy atom. The van der Waals surface area contributed by atoms with Gasteiger partial charge in [-0.2, -0.15) is 0 Å². The number of esters is 1. The Balaban J connectivity index is 2.04. The molecule has 0 amide bonds. The third-order valence-corrected chi connectivity index (χ3v) is 2.68. The van der Waals surface area contributed by atoms with Gasteiger partial charge in [0.15, 0.2) is 0 Å². The van der Waals surface area contributed by atoms with Crippen LogP contribution in [0.2, 0.25) is 0 Å². The van der Waals surface area contributed by atoms with Gasteiger partial charge in [-0.3, -0.25) is 0 Å². The van der Waals surface area contributed by atoms with Crippen LogP contribution in [0.5, 0.6) is 0 Å². The van der Waals surface area contributed by atoms with E-state index >= 15 is 0 Å². The van der Waals surface area contributed by atoms with Crippen molar-refractivity contribution < 1.29 is 9.53 Å². The Hall–Kier alpha value is -2.29. The van der Waals surface area contributed by atoms with Crippen molar-refractivity contribution in [3.63, 3.8) is 0 Å². The molecule has 0 bridgehead atoms. The highest BCUT2D eigenvalue weighted by Gasteiger charge is 2.10. The van der Waals surface area contributed by atoms with E-state index in [1.807, 2.05) is 37.3 Å². The summed E-state index contributed by atoms with van der Waals surface area (Å²) in [7, 11) is 0. The first-order chi connectivity index (χ1) is 8.66. The number of rotatable bonds is 3. The van der Waals surface area contributed by atoms with Crippen LogP contribution < -0.4 is 5.73 Å². The van der Waals surface area contributed by atoms with Gasteiger partial charge in [-0.15, -0.1) is 0 Å². The number of nitrogen functional groups attached to an aromatic ring is 1. The average Bonchev–Trinajstić information content (AvgIpc) is 2.37.